The average Bonchev–Trinajstić information content (AvgIpc) is 3.12. The Kier molecular flexibility index (Phi) is 5.46. The van der Waals surface area contributed by atoms with E-state index in [-0.39, 0.29) is 12.0 Å². The first-order chi connectivity index (χ1) is 12.2. The molecule has 1 amide bonds. The molecule has 9 nitrogen and oxygen atoms in total. The van der Waals surface area contributed by atoms with Crippen LogP contribution in [0, 0.1) is 0 Å². The van der Waals surface area contributed by atoms with Gasteiger partial charge in [0, 0.05) is 12.0 Å². The number of H-pyrrole nitrogens is 1. The maximum Gasteiger partial charge on any atom is 0.271 e. The van der Waals surface area contributed by atoms with E-state index < -0.39 is 5.91 Å². The lowest BCUT2D eigenvalue weighted by atomic mass is 10.1. The Bertz CT molecular complexity index is 727. The predicted molar refractivity (Wildman–Crippen MR) is 87.3 cm³/mol. The van der Waals surface area contributed by atoms with Crippen LogP contribution < -0.4 is 15.2 Å². The van der Waals surface area contributed by atoms with Crippen molar-refractivity contribution in [2.45, 2.75) is 19.1 Å². The van der Waals surface area contributed by atoms with Gasteiger partial charge in [0.2, 0.25) is 0 Å². The van der Waals surface area contributed by atoms with Gasteiger partial charge in [-0.25, -0.2) is 0 Å². The molecule has 0 spiro atoms. The van der Waals surface area contributed by atoms with Crippen molar-refractivity contribution in [3.05, 3.63) is 23.9 Å². The summed E-state index contributed by atoms with van der Waals surface area (Å²) in [7, 11) is 1.56. The average molecular weight is 348 g/mol. The highest BCUT2D eigenvalue weighted by Crippen LogP contribution is 2.32. The number of hydrogen-bond acceptors (Lipinski definition) is 7. The summed E-state index contributed by atoms with van der Waals surface area (Å²) < 4.78 is 22.1. The number of nitrogens with zero attached hydrogens (tertiary/aromatic N) is 2. The van der Waals surface area contributed by atoms with Crippen LogP contribution in [0.5, 0.6) is 11.5 Å². The minimum absolute atomic E-state index is 0.0696. The molecule has 134 valence electrons. The molecule has 25 heavy (non-hydrogen) atoms. The molecular weight excluding hydrogens is 328 g/mol. The van der Waals surface area contributed by atoms with Crippen molar-refractivity contribution in [1.82, 2.24) is 15.4 Å². The number of ether oxygens (including phenoxy) is 4. The van der Waals surface area contributed by atoms with Gasteiger partial charge in [0.05, 0.1) is 26.9 Å². The van der Waals surface area contributed by atoms with E-state index in [9.17, 15) is 4.79 Å². The number of aromatic nitrogens is 3. The van der Waals surface area contributed by atoms with Crippen molar-refractivity contribution < 1.29 is 23.7 Å². The first-order valence-electron chi connectivity index (χ1n) is 7.94. The minimum atomic E-state index is -0.659. The quantitative estimate of drug-likeness (QED) is 0.768. The van der Waals surface area contributed by atoms with Gasteiger partial charge < -0.3 is 24.7 Å². The van der Waals surface area contributed by atoms with Gasteiger partial charge in [0.15, 0.2) is 23.5 Å². The van der Waals surface area contributed by atoms with Gasteiger partial charge in [-0.2, -0.15) is 15.4 Å². The molecule has 3 N–H and O–H groups in total. The largest absolute Gasteiger partial charge is 0.493 e. The van der Waals surface area contributed by atoms with Crippen LogP contribution >= 0.6 is 0 Å². The smallest absolute Gasteiger partial charge is 0.271 e. The Hall–Kier alpha value is -2.65. The van der Waals surface area contributed by atoms with Gasteiger partial charge in [0.1, 0.15) is 5.69 Å². The second-order valence-electron chi connectivity index (χ2n) is 5.41. The molecule has 2 heterocycles. The maximum atomic E-state index is 11.4. The number of aromatic amines is 1. The lowest BCUT2D eigenvalue weighted by Gasteiger charge is -2.23. The summed E-state index contributed by atoms with van der Waals surface area (Å²) in [5, 5.41) is 10.2. The van der Waals surface area contributed by atoms with E-state index in [2.05, 4.69) is 15.4 Å². The third kappa shape index (κ3) is 4.06. The summed E-state index contributed by atoms with van der Waals surface area (Å²) in [5.74, 6) is 0.432. The lowest BCUT2D eigenvalue weighted by molar-refractivity contribution is -0.183. The molecule has 3 rings (SSSR count). The fourth-order valence-corrected chi connectivity index (χ4v) is 2.51. The molecular formula is C16H20N4O5. The molecule has 0 saturated carbocycles. The number of nitrogens with two attached hydrogens (primary N) is 1. The number of amides is 1. The first-order valence-corrected chi connectivity index (χ1v) is 7.94. The van der Waals surface area contributed by atoms with Crippen molar-refractivity contribution in [3.8, 4) is 22.8 Å². The van der Waals surface area contributed by atoms with E-state index in [1.165, 1.54) is 0 Å². The Labute approximate surface area is 144 Å². The molecule has 0 bridgehead atoms. The van der Waals surface area contributed by atoms with Gasteiger partial charge in [0.25, 0.3) is 5.91 Å². The summed E-state index contributed by atoms with van der Waals surface area (Å²) in [6, 6.07) is 5.22. The Morgan fingerprint density at radius 2 is 2.12 bits per heavy atom. The van der Waals surface area contributed by atoms with Gasteiger partial charge in [-0.15, -0.1) is 0 Å². The highest BCUT2D eigenvalue weighted by Gasteiger charge is 2.18. The maximum absolute atomic E-state index is 11.4. The Morgan fingerprint density at radius 1 is 1.32 bits per heavy atom. The summed E-state index contributed by atoms with van der Waals surface area (Å²) in [5.41, 5.74) is 6.38. The molecule has 1 aromatic heterocycles. The van der Waals surface area contributed by atoms with E-state index in [4.69, 9.17) is 24.7 Å². The Balaban J connectivity index is 1.73. The number of methoxy groups -OCH3 is 1. The summed E-state index contributed by atoms with van der Waals surface area (Å²) in [6.45, 7) is 1.79. The number of nitrogens with one attached hydrogen (secondary N) is 1. The van der Waals surface area contributed by atoms with Crippen LogP contribution in [0.3, 0.4) is 0 Å². The highest BCUT2D eigenvalue weighted by molar-refractivity contribution is 5.96. The number of rotatable bonds is 7. The molecule has 1 aromatic carbocycles. The van der Waals surface area contributed by atoms with Gasteiger partial charge in [-0.05, 0) is 24.6 Å². The Morgan fingerprint density at radius 3 is 2.84 bits per heavy atom. The molecule has 2 aromatic rings. The molecule has 1 saturated heterocycles. The number of primary amides is 1. The van der Waals surface area contributed by atoms with E-state index in [0.717, 1.165) is 6.42 Å². The number of benzene rings is 1. The van der Waals surface area contributed by atoms with Crippen molar-refractivity contribution in [2.75, 3.05) is 26.9 Å². The predicted octanol–water partition coefficient (Wildman–Crippen LogP) is 1.11. The summed E-state index contributed by atoms with van der Waals surface area (Å²) in [6.07, 6.45) is 1.26. The lowest BCUT2D eigenvalue weighted by Crippen LogP contribution is -2.26. The fourth-order valence-electron chi connectivity index (χ4n) is 2.51. The SMILES string of the molecule is COc1ccc(-c2n[nH]nc2C(N)=O)cc1OCCC1OCCCO1. The van der Waals surface area contributed by atoms with Crippen LogP contribution in [-0.4, -0.2) is 54.5 Å². The van der Waals surface area contributed by atoms with E-state index in [1.807, 2.05) is 0 Å². The standard InChI is InChI=1S/C16H20N4O5/c1-22-11-4-3-10(14-15(16(17)21)19-20-18-14)9-12(11)23-8-5-13-24-6-2-7-25-13/h3-4,9,13H,2,5-8H2,1H3,(H2,17,21)(H,18,19,20). The van der Waals surface area contributed by atoms with E-state index in [1.54, 1.807) is 25.3 Å². The molecule has 1 aliphatic heterocycles. The topological polar surface area (TPSA) is 122 Å². The number of carbonyl (C=O) groups is 1. The molecule has 9 heteroatoms. The minimum Gasteiger partial charge on any atom is -0.493 e. The zero-order valence-electron chi connectivity index (χ0n) is 13.9. The van der Waals surface area contributed by atoms with Crippen molar-refractivity contribution >= 4 is 5.91 Å². The van der Waals surface area contributed by atoms with E-state index >= 15 is 0 Å². The third-order valence-electron chi connectivity index (χ3n) is 3.73. The second-order valence-corrected chi connectivity index (χ2v) is 5.41. The van der Waals surface area contributed by atoms with E-state index in [0.29, 0.717) is 49.0 Å². The van der Waals surface area contributed by atoms with Crippen molar-refractivity contribution in [3.63, 3.8) is 0 Å². The van der Waals surface area contributed by atoms with Crippen LogP contribution in [0.25, 0.3) is 11.3 Å². The second kappa shape index (κ2) is 7.95. The van der Waals surface area contributed by atoms with Crippen molar-refractivity contribution in [1.29, 1.82) is 0 Å². The zero-order valence-corrected chi connectivity index (χ0v) is 13.9. The highest BCUT2D eigenvalue weighted by atomic mass is 16.7. The fraction of sp³-hybridized carbons (Fsp3) is 0.438. The first kappa shape index (κ1) is 17.2. The third-order valence-corrected chi connectivity index (χ3v) is 3.73. The van der Waals surface area contributed by atoms with Crippen LogP contribution in [0.2, 0.25) is 0 Å². The van der Waals surface area contributed by atoms with Gasteiger partial charge >= 0.3 is 0 Å². The molecule has 0 unspecified atom stereocenters. The summed E-state index contributed by atoms with van der Waals surface area (Å²) in [4.78, 5) is 11.4. The van der Waals surface area contributed by atoms with Crippen molar-refractivity contribution in [2.24, 2.45) is 5.73 Å². The zero-order chi connectivity index (χ0) is 17.6. The van der Waals surface area contributed by atoms with Crippen LogP contribution in [0.1, 0.15) is 23.3 Å². The van der Waals surface area contributed by atoms with Crippen LogP contribution in [0.15, 0.2) is 18.2 Å². The number of hydrogen-bond donors (Lipinski definition) is 2. The van der Waals surface area contributed by atoms with Gasteiger partial charge in [-0.3, -0.25) is 4.79 Å². The number of carbonyl (C=O) groups excluding carboxylic acids is 1. The molecule has 1 aliphatic rings. The molecule has 0 aliphatic carbocycles. The monoisotopic (exact) mass is 348 g/mol. The van der Waals surface area contributed by atoms with Gasteiger partial charge in [-0.1, -0.05) is 0 Å². The van der Waals surface area contributed by atoms with Crippen LogP contribution in [0.4, 0.5) is 0 Å². The normalized spacial score (nSPS) is 15.1. The summed E-state index contributed by atoms with van der Waals surface area (Å²) >= 11 is 0. The molecule has 1 fully saturated rings. The molecule has 0 radical (unpaired) electrons. The van der Waals surface area contributed by atoms with Crippen LogP contribution in [-0.2, 0) is 9.47 Å². The molecule has 0 atom stereocenters.